The van der Waals surface area contributed by atoms with Gasteiger partial charge in [0.1, 0.15) is 17.6 Å². The number of methoxy groups -OCH3 is 1. The number of hydrogen-bond acceptors (Lipinski definition) is 5. The molecule has 0 bridgehead atoms. The first-order chi connectivity index (χ1) is 9.67. The molecule has 0 spiro atoms. The number of rotatable bonds is 5. The molecule has 0 amide bonds. The van der Waals surface area contributed by atoms with Gasteiger partial charge in [0.15, 0.2) is 6.61 Å². The second-order valence-corrected chi connectivity index (χ2v) is 4.98. The van der Waals surface area contributed by atoms with Crippen LogP contribution in [0.15, 0.2) is 24.3 Å². The van der Waals surface area contributed by atoms with E-state index in [1.165, 1.54) is 0 Å². The molecule has 2 rings (SSSR count). The molecule has 1 aliphatic rings. The number of carbonyl (C=O) groups excluding carboxylic acids is 1. The largest absolute Gasteiger partial charge is 0.497 e. The number of esters is 1. The summed E-state index contributed by atoms with van der Waals surface area (Å²) in [5.41, 5.74) is 0. The van der Waals surface area contributed by atoms with Gasteiger partial charge in [-0.2, -0.15) is 0 Å². The number of piperidine rings is 1. The maximum absolute atomic E-state index is 11.7. The monoisotopic (exact) mass is 315 g/mol. The van der Waals surface area contributed by atoms with E-state index in [1.54, 1.807) is 31.4 Å². The summed E-state index contributed by atoms with van der Waals surface area (Å²) in [4.78, 5) is 13.9. The van der Waals surface area contributed by atoms with Crippen molar-refractivity contribution in [1.29, 1.82) is 0 Å². The molecule has 118 valence electrons. The Morgan fingerprint density at radius 1 is 1.29 bits per heavy atom. The van der Waals surface area contributed by atoms with Gasteiger partial charge >= 0.3 is 5.97 Å². The van der Waals surface area contributed by atoms with Gasteiger partial charge in [-0.3, -0.25) is 0 Å². The van der Waals surface area contributed by atoms with Crippen molar-refractivity contribution < 1.29 is 19.0 Å². The van der Waals surface area contributed by atoms with Crippen molar-refractivity contribution in [2.75, 3.05) is 33.9 Å². The van der Waals surface area contributed by atoms with E-state index >= 15 is 0 Å². The minimum absolute atomic E-state index is 0. The van der Waals surface area contributed by atoms with Crippen molar-refractivity contribution in [1.82, 2.24) is 4.90 Å². The highest BCUT2D eigenvalue weighted by molar-refractivity contribution is 5.85. The molecule has 1 fully saturated rings. The van der Waals surface area contributed by atoms with E-state index in [1.807, 2.05) is 7.05 Å². The van der Waals surface area contributed by atoms with Crippen LogP contribution >= 0.6 is 12.4 Å². The fraction of sp³-hybridized carbons (Fsp3) is 0.533. The highest BCUT2D eigenvalue weighted by Crippen LogP contribution is 2.17. The fourth-order valence-electron chi connectivity index (χ4n) is 2.25. The van der Waals surface area contributed by atoms with Gasteiger partial charge in [0, 0.05) is 6.54 Å². The van der Waals surface area contributed by atoms with E-state index in [-0.39, 0.29) is 31.1 Å². The Labute approximate surface area is 131 Å². The van der Waals surface area contributed by atoms with Crippen LogP contribution < -0.4 is 9.47 Å². The number of halogens is 1. The van der Waals surface area contributed by atoms with Crippen LogP contribution in [0.25, 0.3) is 0 Å². The van der Waals surface area contributed by atoms with Gasteiger partial charge in [-0.1, -0.05) is 0 Å². The third-order valence-electron chi connectivity index (χ3n) is 3.30. The van der Waals surface area contributed by atoms with Gasteiger partial charge in [0.25, 0.3) is 0 Å². The first-order valence-electron chi connectivity index (χ1n) is 6.82. The van der Waals surface area contributed by atoms with Crippen LogP contribution in [0.5, 0.6) is 11.5 Å². The number of likely N-dealkylation sites (tertiary alicyclic amines) is 1. The first-order valence-corrected chi connectivity index (χ1v) is 6.82. The number of nitrogens with zero attached hydrogens (tertiary/aromatic N) is 1. The molecule has 21 heavy (non-hydrogen) atoms. The highest BCUT2D eigenvalue weighted by Gasteiger charge is 2.20. The third kappa shape index (κ3) is 5.81. The van der Waals surface area contributed by atoms with E-state index < -0.39 is 0 Å². The summed E-state index contributed by atoms with van der Waals surface area (Å²) in [5.74, 6) is 1.06. The molecule has 1 saturated heterocycles. The number of likely N-dealkylation sites (N-methyl/N-ethyl adjacent to an activating group) is 1. The summed E-state index contributed by atoms with van der Waals surface area (Å²) in [6, 6.07) is 7.11. The zero-order valence-corrected chi connectivity index (χ0v) is 13.2. The summed E-state index contributed by atoms with van der Waals surface area (Å²) in [7, 11) is 3.64. The molecule has 1 aliphatic heterocycles. The lowest BCUT2D eigenvalue weighted by Crippen LogP contribution is -2.38. The van der Waals surface area contributed by atoms with Crippen LogP contribution in [0.4, 0.5) is 0 Å². The van der Waals surface area contributed by atoms with Gasteiger partial charge in [-0.25, -0.2) is 4.79 Å². The number of hydrogen-bond donors (Lipinski definition) is 0. The van der Waals surface area contributed by atoms with Crippen LogP contribution in [-0.2, 0) is 9.53 Å². The van der Waals surface area contributed by atoms with Crippen LogP contribution in [0.2, 0.25) is 0 Å². The van der Waals surface area contributed by atoms with Gasteiger partial charge in [-0.15, -0.1) is 12.4 Å². The SMILES string of the molecule is COc1ccc(OCC(=O)OC2CCCN(C)C2)cc1.Cl. The second kappa shape index (κ2) is 8.74. The Hall–Kier alpha value is -1.46. The maximum Gasteiger partial charge on any atom is 0.344 e. The predicted octanol–water partition coefficient (Wildman–Crippen LogP) is 2.13. The molecule has 0 N–H and O–H groups in total. The molecule has 0 saturated carbocycles. The van der Waals surface area contributed by atoms with Gasteiger partial charge in [0.05, 0.1) is 7.11 Å². The zero-order chi connectivity index (χ0) is 14.4. The van der Waals surface area contributed by atoms with E-state index in [4.69, 9.17) is 14.2 Å². The minimum atomic E-state index is -0.318. The van der Waals surface area contributed by atoms with Gasteiger partial charge in [-0.05, 0) is 50.7 Å². The highest BCUT2D eigenvalue weighted by atomic mass is 35.5. The lowest BCUT2D eigenvalue weighted by Gasteiger charge is -2.29. The zero-order valence-electron chi connectivity index (χ0n) is 12.4. The van der Waals surface area contributed by atoms with E-state index in [0.29, 0.717) is 5.75 Å². The molecular formula is C15H22ClNO4. The lowest BCUT2D eigenvalue weighted by atomic mass is 10.1. The molecule has 1 aromatic rings. The van der Waals surface area contributed by atoms with Crippen LogP contribution in [0.3, 0.4) is 0 Å². The topological polar surface area (TPSA) is 48.0 Å². The van der Waals surface area contributed by atoms with E-state index in [0.717, 1.165) is 31.7 Å². The average Bonchev–Trinajstić information content (AvgIpc) is 2.46. The first kappa shape index (κ1) is 17.6. The molecule has 6 heteroatoms. The number of carbonyl (C=O) groups is 1. The van der Waals surface area contributed by atoms with Gasteiger partial charge in [0.2, 0.25) is 0 Å². The quantitative estimate of drug-likeness (QED) is 0.779. The molecule has 0 aliphatic carbocycles. The maximum atomic E-state index is 11.7. The predicted molar refractivity (Wildman–Crippen MR) is 82.3 cm³/mol. The Balaban J connectivity index is 0.00000220. The molecule has 1 heterocycles. The summed E-state index contributed by atoms with van der Waals surface area (Å²) in [5, 5.41) is 0. The molecule has 1 unspecified atom stereocenters. The molecule has 5 nitrogen and oxygen atoms in total. The van der Waals surface area contributed by atoms with Crippen LogP contribution in [-0.4, -0.2) is 50.8 Å². The molecule has 0 aromatic heterocycles. The smallest absolute Gasteiger partial charge is 0.344 e. The summed E-state index contributed by atoms with van der Waals surface area (Å²) in [6.07, 6.45) is 1.98. The van der Waals surface area contributed by atoms with E-state index in [2.05, 4.69) is 4.90 Å². The molecule has 1 aromatic carbocycles. The molecule has 0 radical (unpaired) electrons. The summed E-state index contributed by atoms with van der Waals surface area (Å²) >= 11 is 0. The van der Waals surface area contributed by atoms with Gasteiger partial charge < -0.3 is 19.1 Å². The molecular weight excluding hydrogens is 294 g/mol. The second-order valence-electron chi connectivity index (χ2n) is 4.98. The molecule has 1 atom stereocenters. The third-order valence-corrected chi connectivity index (χ3v) is 3.30. The van der Waals surface area contributed by atoms with Crippen molar-refractivity contribution in [3.8, 4) is 11.5 Å². The normalized spacial score (nSPS) is 18.5. The standard InChI is InChI=1S/C15H21NO4.ClH/c1-16-9-3-4-14(10-16)20-15(17)11-19-13-7-5-12(18-2)6-8-13;/h5-8,14H,3-4,9-11H2,1-2H3;1H. The summed E-state index contributed by atoms with van der Waals surface area (Å²) in [6.45, 7) is 1.80. The Morgan fingerprint density at radius 2 is 1.95 bits per heavy atom. The van der Waals surface area contributed by atoms with Crippen LogP contribution in [0.1, 0.15) is 12.8 Å². The van der Waals surface area contributed by atoms with Crippen molar-refractivity contribution in [2.45, 2.75) is 18.9 Å². The van der Waals surface area contributed by atoms with Crippen molar-refractivity contribution >= 4 is 18.4 Å². The minimum Gasteiger partial charge on any atom is -0.497 e. The fourth-order valence-corrected chi connectivity index (χ4v) is 2.25. The number of ether oxygens (including phenoxy) is 3. The van der Waals surface area contributed by atoms with Crippen molar-refractivity contribution in [3.05, 3.63) is 24.3 Å². The van der Waals surface area contributed by atoms with Crippen molar-refractivity contribution in [2.24, 2.45) is 0 Å². The average molecular weight is 316 g/mol. The van der Waals surface area contributed by atoms with Crippen LogP contribution in [0, 0.1) is 0 Å². The lowest BCUT2D eigenvalue weighted by molar-refractivity contribution is -0.153. The Bertz CT molecular complexity index is 438. The van der Waals surface area contributed by atoms with E-state index in [9.17, 15) is 4.79 Å². The Kier molecular flexibility index (Phi) is 7.32. The Morgan fingerprint density at radius 3 is 2.57 bits per heavy atom. The number of benzene rings is 1. The summed E-state index contributed by atoms with van der Waals surface area (Å²) < 4.78 is 15.8. The van der Waals surface area contributed by atoms with Crippen molar-refractivity contribution in [3.63, 3.8) is 0 Å².